The van der Waals surface area contributed by atoms with Gasteiger partial charge < -0.3 is 15.0 Å². The van der Waals surface area contributed by atoms with E-state index in [0.717, 1.165) is 31.4 Å². The first-order chi connectivity index (χ1) is 22.4. The summed E-state index contributed by atoms with van der Waals surface area (Å²) in [5.74, 6) is -2.94. The number of nitrogens with one attached hydrogen (secondary N) is 2. The third-order valence-electron chi connectivity index (χ3n) is 8.38. The quantitative estimate of drug-likeness (QED) is 0.279. The Kier molecular flexibility index (Phi) is 8.75. The van der Waals surface area contributed by atoms with Crippen molar-refractivity contribution >= 4 is 32.8 Å². The molecule has 15 heteroatoms. The van der Waals surface area contributed by atoms with Gasteiger partial charge in [-0.1, -0.05) is 12.1 Å². The number of nitriles is 1. The molecule has 1 atom stereocenters. The van der Waals surface area contributed by atoms with E-state index in [1.54, 1.807) is 24.3 Å². The average Bonchev–Trinajstić information content (AvgIpc) is 3.44. The molecule has 2 N–H and O–H groups in total. The normalized spacial score (nSPS) is 18.0. The van der Waals surface area contributed by atoms with Crippen molar-refractivity contribution in [1.82, 2.24) is 24.5 Å². The van der Waals surface area contributed by atoms with Crippen LogP contribution in [0.25, 0.3) is 10.9 Å². The maximum Gasteiger partial charge on any atom is 0.490 e. The van der Waals surface area contributed by atoms with Gasteiger partial charge in [-0.05, 0) is 60.9 Å². The zero-order valence-corrected chi connectivity index (χ0v) is 25.6. The molecular weight excluding hydrogens is 637 g/mol. The number of sulfonamides is 1. The van der Waals surface area contributed by atoms with Crippen LogP contribution >= 0.6 is 0 Å². The molecule has 1 amide bonds. The second-order valence-electron chi connectivity index (χ2n) is 11.4. The zero-order chi connectivity index (χ0) is 33.3. The Hall–Kier alpha value is -4.78. The van der Waals surface area contributed by atoms with Gasteiger partial charge in [-0.25, -0.2) is 13.2 Å². The van der Waals surface area contributed by atoms with Gasteiger partial charge in [-0.15, -0.1) is 0 Å². The lowest BCUT2D eigenvalue weighted by atomic mass is 10.0. The number of likely N-dealkylation sites (tertiary alicyclic amines) is 1. The first-order valence-electron chi connectivity index (χ1n) is 14.8. The number of benzene rings is 2. The van der Waals surface area contributed by atoms with Gasteiger partial charge >= 0.3 is 12.1 Å². The number of carbonyl (C=O) groups excluding carboxylic acids is 2. The summed E-state index contributed by atoms with van der Waals surface area (Å²) in [5, 5.41) is 12.3. The molecule has 0 saturated carbocycles. The Balaban J connectivity index is 1.23. The highest BCUT2D eigenvalue weighted by molar-refractivity contribution is 7.89. The molecule has 11 nitrogen and oxygen atoms in total. The fourth-order valence-corrected chi connectivity index (χ4v) is 7.43. The smallest absolute Gasteiger partial charge is 0.434 e. The molecule has 1 unspecified atom stereocenters. The molecule has 2 aliphatic heterocycles. The number of hydrogen-bond acceptors (Lipinski definition) is 8. The predicted octanol–water partition coefficient (Wildman–Crippen LogP) is 4.18. The highest BCUT2D eigenvalue weighted by atomic mass is 32.2. The minimum atomic E-state index is -5.38. The minimum absolute atomic E-state index is 0.0297. The van der Waals surface area contributed by atoms with Crippen LogP contribution in [0.4, 0.5) is 13.2 Å². The molecule has 47 heavy (non-hydrogen) atoms. The maximum absolute atomic E-state index is 13.6. The fraction of sp³-hybridized carbons (Fsp3) is 0.312. The number of H-pyrrole nitrogens is 1. The molecule has 0 radical (unpaired) electrons. The number of aromatic nitrogens is 2. The summed E-state index contributed by atoms with van der Waals surface area (Å²) in [7, 11) is -4.45. The molecule has 0 bridgehead atoms. The van der Waals surface area contributed by atoms with Gasteiger partial charge in [0.05, 0.1) is 11.6 Å². The summed E-state index contributed by atoms with van der Waals surface area (Å²) in [4.78, 5) is 34.3. The highest BCUT2D eigenvalue weighted by Crippen LogP contribution is 2.40. The van der Waals surface area contributed by atoms with Crippen molar-refractivity contribution in [2.24, 2.45) is 0 Å². The van der Waals surface area contributed by atoms with Crippen molar-refractivity contribution in [3.05, 3.63) is 94.9 Å². The standard InChI is InChI=1S/C32H29F3N6O5S/c33-32(34,35)31(43)46-30-28-25-16-22(29(42)38-23-9-13-40(14-10-23)19-21-5-3-20(17-36)4-6-21)7-8-26(25)39-27(28)11-15-41(30)47(44,45)24-2-1-12-37-18-24/h1-8,12,16,18,23,30,39H,9-11,13-15,19H2,(H,38,42). The van der Waals surface area contributed by atoms with E-state index in [0.29, 0.717) is 33.9 Å². The molecule has 244 valence electrons. The monoisotopic (exact) mass is 666 g/mol. The molecule has 4 heterocycles. The number of alkyl halides is 3. The van der Waals surface area contributed by atoms with Crippen molar-refractivity contribution in [3.8, 4) is 6.07 Å². The summed E-state index contributed by atoms with van der Waals surface area (Å²) in [6.07, 6.45) is -3.45. The van der Waals surface area contributed by atoms with Crippen molar-refractivity contribution < 1.29 is 35.9 Å². The topological polar surface area (TPSA) is 148 Å². The van der Waals surface area contributed by atoms with Gasteiger partial charge in [-0.3, -0.25) is 14.7 Å². The number of amides is 1. The molecule has 2 aliphatic rings. The van der Waals surface area contributed by atoms with Crippen LogP contribution in [0.5, 0.6) is 0 Å². The van der Waals surface area contributed by atoms with Crippen LogP contribution in [0.3, 0.4) is 0 Å². The Labute approximate surface area is 268 Å². The van der Waals surface area contributed by atoms with E-state index in [4.69, 9.17) is 10.00 Å². The van der Waals surface area contributed by atoms with E-state index in [2.05, 4.69) is 26.3 Å². The lowest BCUT2D eigenvalue weighted by molar-refractivity contribution is -0.210. The molecule has 0 aliphatic carbocycles. The summed E-state index contributed by atoms with van der Waals surface area (Å²) in [5.41, 5.74) is 2.76. The number of hydrogen-bond donors (Lipinski definition) is 2. The van der Waals surface area contributed by atoms with Crippen LogP contribution in [0, 0.1) is 11.3 Å². The van der Waals surface area contributed by atoms with Crippen molar-refractivity contribution in [2.45, 2.75) is 49.1 Å². The van der Waals surface area contributed by atoms with Gasteiger partial charge in [0.15, 0.2) is 6.23 Å². The largest absolute Gasteiger partial charge is 0.490 e. The molecule has 1 saturated heterocycles. The Bertz CT molecular complexity index is 1950. The van der Waals surface area contributed by atoms with E-state index in [9.17, 15) is 31.2 Å². The van der Waals surface area contributed by atoms with E-state index in [-0.39, 0.29) is 40.4 Å². The number of halogens is 3. The minimum Gasteiger partial charge on any atom is -0.434 e. The Morgan fingerprint density at radius 3 is 2.49 bits per heavy atom. The third-order valence-corrected chi connectivity index (χ3v) is 10.2. The number of esters is 1. The predicted molar refractivity (Wildman–Crippen MR) is 162 cm³/mol. The second-order valence-corrected chi connectivity index (χ2v) is 13.3. The highest BCUT2D eigenvalue weighted by Gasteiger charge is 2.47. The van der Waals surface area contributed by atoms with Gasteiger partial charge in [-0.2, -0.15) is 22.7 Å². The Morgan fingerprint density at radius 1 is 1.09 bits per heavy atom. The van der Waals surface area contributed by atoms with E-state index in [1.165, 1.54) is 24.4 Å². The molecule has 2 aromatic heterocycles. The Morgan fingerprint density at radius 2 is 1.83 bits per heavy atom. The van der Waals surface area contributed by atoms with Gasteiger partial charge in [0.25, 0.3) is 5.91 Å². The van der Waals surface area contributed by atoms with Crippen LogP contribution in [0.1, 0.15) is 51.8 Å². The van der Waals surface area contributed by atoms with E-state index in [1.807, 2.05) is 12.1 Å². The number of carbonyl (C=O) groups is 2. The van der Waals surface area contributed by atoms with Crippen LogP contribution in [-0.2, 0) is 32.5 Å². The number of pyridine rings is 1. The number of fused-ring (bicyclic) bond motifs is 3. The first-order valence-corrected chi connectivity index (χ1v) is 16.2. The van der Waals surface area contributed by atoms with Crippen LogP contribution in [-0.4, -0.2) is 71.3 Å². The number of rotatable bonds is 7. The zero-order valence-electron chi connectivity index (χ0n) is 24.8. The first kappa shape index (κ1) is 32.2. The van der Waals surface area contributed by atoms with Crippen molar-refractivity contribution in [1.29, 1.82) is 5.26 Å². The summed E-state index contributed by atoms with van der Waals surface area (Å²) in [6, 6.07) is 16.6. The molecule has 1 fully saturated rings. The summed E-state index contributed by atoms with van der Waals surface area (Å²) >= 11 is 0. The van der Waals surface area contributed by atoms with E-state index < -0.39 is 34.3 Å². The number of piperidine rings is 1. The van der Waals surface area contributed by atoms with Crippen LogP contribution < -0.4 is 5.32 Å². The molecule has 6 rings (SSSR count). The lowest BCUT2D eigenvalue weighted by Crippen LogP contribution is -2.44. The lowest BCUT2D eigenvalue weighted by Gasteiger charge is -2.34. The van der Waals surface area contributed by atoms with Gasteiger partial charge in [0.2, 0.25) is 10.0 Å². The maximum atomic E-state index is 13.6. The molecule has 0 spiro atoms. The molecular formula is C32H29F3N6O5S. The summed E-state index contributed by atoms with van der Waals surface area (Å²) < 4.78 is 72.9. The fourth-order valence-electron chi connectivity index (χ4n) is 5.99. The number of ether oxygens (including phenoxy) is 1. The summed E-state index contributed by atoms with van der Waals surface area (Å²) in [6.45, 7) is 1.92. The molecule has 4 aromatic rings. The van der Waals surface area contributed by atoms with Gasteiger partial charge in [0, 0.05) is 78.8 Å². The SMILES string of the molecule is N#Cc1ccc(CN2CCC(NC(=O)c3ccc4[nH]c5c(c4c3)C(OC(=O)C(F)(F)F)N(S(=O)(=O)c3cccnc3)CC5)CC2)cc1. The molecule has 2 aromatic carbocycles. The van der Waals surface area contributed by atoms with E-state index >= 15 is 0 Å². The second kappa shape index (κ2) is 12.8. The average molecular weight is 667 g/mol. The van der Waals surface area contributed by atoms with Gasteiger partial charge in [0.1, 0.15) is 4.90 Å². The van der Waals surface area contributed by atoms with Crippen LogP contribution in [0.15, 0.2) is 71.9 Å². The third kappa shape index (κ3) is 6.71. The number of nitrogens with zero attached hydrogens (tertiary/aromatic N) is 4. The van der Waals surface area contributed by atoms with Crippen molar-refractivity contribution in [3.63, 3.8) is 0 Å². The van der Waals surface area contributed by atoms with Crippen LogP contribution in [0.2, 0.25) is 0 Å². The van der Waals surface area contributed by atoms with Crippen molar-refractivity contribution in [2.75, 3.05) is 19.6 Å². The number of aromatic amines is 1.